The molecule has 0 fully saturated rings. The maximum Gasteiger partial charge on any atom is 0.271 e. The molecule has 0 saturated carbocycles. The molecule has 3 aromatic heterocycles. The Bertz CT molecular complexity index is 889. The van der Waals surface area contributed by atoms with Crippen molar-refractivity contribution < 1.29 is 9.59 Å². The van der Waals surface area contributed by atoms with Gasteiger partial charge in [-0.15, -0.1) is 11.3 Å². The Morgan fingerprint density at radius 1 is 1.15 bits per heavy atom. The minimum Gasteiger partial charge on any atom is -0.352 e. The zero-order valence-electron chi connectivity index (χ0n) is 14.3. The molecule has 3 rings (SSSR count). The van der Waals surface area contributed by atoms with Gasteiger partial charge in [-0.25, -0.2) is 0 Å². The first-order valence-electron chi connectivity index (χ1n) is 8.21. The highest BCUT2D eigenvalue weighted by Gasteiger charge is 2.11. The van der Waals surface area contributed by atoms with Crippen LogP contribution in [0.3, 0.4) is 0 Å². The molecule has 0 aliphatic rings. The Balaban J connectivity index is 1.40. The summed E-state index contributed by atoms with van der Waals surface area (Å²) < 4.78 is 0. The van der Waals surface area contributed by atoms with Gasteiger partial charge in [-0.1, -0.05) is 6.07 Å². The van der Waals surface area contributed by atoms with E-state index in [1.807, 2.05) is 24.4 Å². The van der Waals surface area contributed by atoms with E-state index in [-0.39, 0.29) is 11.8 Å². The van der Waals surface area contributed by atoms with Crippen molar-refractivity contribution >= 4 is 23.2 Å². The van der Waals surface area contributed by atoms with Crippen molar-refractivity contribution in [3.8, 4) is 10.6 Å². The van der Waals surface area contributed by atoms with Crippen molar-refractivity contribution in [3.63, 3.8) is 0 Å². The first kappa shape index (κ1) is 17.8. The average Bonchev–Trinajstić information content (AvgIpc) is 3.32. The van der Waals surface area contributed by atoms with Gasteiger partial charge in [0.05, 0.1) is 16.1 Å². The number of nitrogens with zero attached hydrogens (tertiary/aromatic N) is 2. The highest BCUT2D eigenvalue weighted by molar-refractivity contribution is 7.13. The van der Waals surface area contributed by atoms with Gasteiger partial charge < -0.3 is 10.6 Å². The first-order valence-corrected chi connectivity index (χ1v) is 9.09. The zero-order chi connectivity index (χ0) is 18.4. The molecule has 8 heteroatoms. The highest BCUT2D eigenvalue weighted by Crippen LogP contribution is 2.22. The predicted octanol–water partition coefficient (Wildman–Crippen LogP) is 2.39. The fraction of sp³-hybridized carbons (Fsp3) is 0.222. The third kappa shape index (κ3) is 4.54. The van der Waals surface area contributed by atoms with Crippen LogP contribution in [0.2, 0.25) is 0 Å². The van der Waals surface area contributed by atoms with Gasteiger partial charge in [0.1, 0.15) is 0 Å². The number of hydrogen-bond acceptors (Lipinski definition) is 5. The number of H-pyrrole nitrogens is 1. The smallest absolute Gasteiger partial charge is 0.271 e. The minimum absolute atomic E-state index is 0.166. The number of carbonyl (C=O) groups is 2. The number of nitrogens with one attached hydrogen (secondary N) is 3. The van der Waals surface area contributed by atoms with Crippen LogP contribution in [-0.4, -0.2) is 40.1 Å². The van der Waals surface area contributed by atoms with Gasteiger partial charge in [-0.3, -0.25) is 19.7 Å². The molecule has 0 radical (unpaired) electrons. The summed E-state index contributed by atoms with van der Waals surface area (Å²) >= 11 is 1.58. The molecule has 7 nitrogen and oxygen atoms in total. The number of aryl methyl sites for hydroxylation is 1. The largest absolute Gasteiger partial charge is 0.352 e. The first-order chi connectivity index (χ1) is 12.6. The van der Waals surface area contributed by atoms with Crippen LogP contribution in [0.25, 0.3) is 10.6 Å². The molecule has 0 unspecified atom stereocenters. The average molecular weight is 369 g/mol. The summed E-state index contributed by atoms with van der Waals surface area (Å²) in [4.78, 5) is 29.1. The van der Waals surface area contributed by atoms with Gasteiger partial charge in [-0.05, 0) is 42.5 Å². The van der Waals surface area contributed by atoms with Crippen molar-refractivity contribution in [1.82, 2.24) is 25.8 Å². The number of aromatic nitrogens is 3. The van der Waals surface area contributed by atoms with Gasteiger partial charge in [0, 0.05) is 25.5 Å². The van der Waals surface area contributed by atoms with E-state index in [1.54, 1.807) is 29.7 Å². The van der Waals surface area contributed by atoms with E-state index in [0.717, 1.165) is 16.1 Å². The number of hydrogen-bond donors (Lipinski definition) is 3. The van der Waals surface area contributed by atoms with Gasteiger partial charge in [0.25, 0.3) is 11.8 Å². The summed E-state index contributed by atoms with van der Waals surface area (Å²) in [5.74, 6) is -0.404. The Morgan fingerprint density at radius 2 is 1.96 bits per heavy atom. The van der Waals surface area contributed by atoms with Crippen LogP contribution in [0.15, 0.2) is 42.0 Å². The summed E-state index contributed by atoms with van der Waals surface area (Å²) in [6.07, 6.45) is 3.86. The van der Waals surface area contributed by atoms with Crippen molar-refractivity contribution in [2.75, 3.05) is 13.1 Å². The van der Waals surface area contributed by atoms with E-state index in [1.165, 1.54) is 6.20 Å². The second-order valence-corrected chi connectivity index (χ2v) is 6.71. The van der Waals surface area contributed by atoms with Crippen molar-refractivity contribution in [1.29, 1.82) is 0 Å². The topological polar surface area (TPSA) is 99.8 Å². The monoisotopic (exact) mass is 369 g/mol. The summed E-state index contributed by atoms with van der Waals surface area (Å²) in [7, 11) is 0. The number of carbonyl (C=O) groups excluding carboxylic acids is 2. The Hall–Kier alpha value is -3.00. The molecule has 0 spiro atoms. The Kier molecular flexibility index (Phi) is 5.75. The molecule has 0 aliphatic carbocycles. The van der Waals surface area contributed by atoms with Crippen molar-refractivity contribution in [2.45, 2.75) is 13.3 Å². The lowest BCUT2D eigenvalue weighted by Crippen LogP contribution is -2.30. The van der Waals surface area contributed by atoms with Crippen LogP contribution in [0, 0.1) is 6.92 Å². The van der Waals surface area contributed by atoms with E-state index in [2.05, 4.69) is 25.8 Å². The lowest BCUT2D eigenvalue weighted by molar-refractivity contribution is 0.0948. The van der Waals surface area contributed by atoms with Crippen molar-refractivity contribution in [2.24, 2.45) is 0 Å². The van der Waals surface area contributed by atoms with E-state index < -0.39 is 0 Å². The highest BCUT2D eigenvalue weighted by atomic mass is 32.1. The number of thiophene rings is 1. The number of amides is 2. The molecule has 2 amide bonds. The van der Waals surface area contributed by atoms with Gasteiger partial charge in [0.15, 0.2) is 5.69 Å². The maximum atomic E-state index is 12.1. The molecule has 0 atom stereocenters. The molecule has 134 valence electrons. The van der Waals surface area contributed by atoms with Gasteiger partial charge in [0.2, 0.25) is 0 Å². The second-order valence-electron chi connectivity index (χ2n) is 5.76. The van der Waals surface area contributed by atoms with Gasteiger partial charge >= 0.3 is 0 Å². The van der Waals surface area contributed by atoms with Crippen LogP contribution >= 0.6 is 11.3 Å². The summed E-state index contributed by atoms with van der Waals surface area (Å²) in [5.41, 5.74) is 2.64. The molecule has 0 aliphatic heterocycles. The Labute approximate surface area is 154 Å². The molecule has 3 N–H and O–H groups in total. The Morgan fingerprint density at radius 3 is 2.69 bits per heavy atom. The second kappa shape index (κ2) is 8.39. The molecule has 3 heterocycles. The van der Waals surface area contributed by atoms with Crippen LogP contribution in [0.1, 0.15) is 32.8 Å². The quantitative estimate of drug-likeness (QED) is 0.557. The normalized spacial score (nSPS) is 10.5. The maximum absolute atomic E-state index is 12.1. The zero-order valence-corrected chi connectivity index (χ0v) is 15.1. The number of pyridine rings is 1. The molecular formula is C18H19N5O2S. The third-order valence-corrected chi connectivity index (χ3v) is 4.56. The minimum atomic E-state index is -0.238. The molecule has 0 saturated heterocycles. The SMILES string of the molecule is Cc1cncc(C(=O)NCCCNC(=O)c2cc(-c3cccs3)[nH]n2)c1. The van der Waals surface area contributed by atoms with Crippen LogP contribution in [0.4, 0.5) is 0 Å². The lowest BCUT2D eigenvalue weighted by atomic mass is 10.2. The standard InChI is InChI=1S/C18H19N5O2S/c1-12-8-13(11-19-10-12)17(24)20-5-3-6-21-18(25)15-9-14(22-23-15)16-4-2-7-26-16/h2,4,7-11H,3,5-6H2,1H3,(H,20,24)(H,21,25)(H,22,23). The van der Waals surface area contributed by atoms with Crippen LogP contribution < -0.4 is 10.6 Å². The molecular weight excluding hydrogens is 350 g/mol. The summed E-state index contributed by atoms with van der Waals surface area (Å²) in [6, 6.07) is 7.43. The fourth-order valence-corrected chi connectivity index (χ4v) is 3.05. The summed E-state index contributed by atoms with van der Waals surface area (Å²) in [5, 5.41) is 14.5. The molecule has 0 aromatic carbocycles. The van der Waals surface area contributed by atoms with E-state index in [0.29, 0.717) is 30.8 Å². The molecule has 0 bridgehead atoms. The third-order valence-electron chi connectivity index (χ3n) is 3.66. The lowest BCUT2D eigenvalue weighted by Gasteiger charge is -2.06. The summed E-state index contributed by atoms with van der Waals surface area (Å²) in [6.45, 7) is 2.80. The number of rotatable bonds is 7. The molecule has 26 heavy (non-hydrogen) atoms. The van der Waals surface area contributed by atoms with E-state index in [4.69, 9.17) is 0 Å². The van der Waals surface area contributed by atoms with E-state index >= 15 is 0 Å². The number of aromatic amines is 1. The fourth-order valence-electron chi connectivity index (χ4n) is 2.36. The van der Waals surface area contributed by atoms with E-state index in [9.17, 15) is 9.59 Å². The van der Waals surface area contributed by atoms with Crippen LogP contribution in [-0.2, 0) is 0 Å². The van der Waals surface area contributed by atoms with Crippen molar-refractivity contribution in [3.05, 3.63) is 58.9 Å². The van der Waals surface area contributed by atoms with Crippen LogP contribution in [0.5, 0.6) is 0 Å². The molecule has 3 aromatic rings. The predicted molar refractivity (Wildman–Crippen MR) is 100 cm³/mol. The van der Waals surface area contributed by atoms with Gasteiger partial charge in [-0.2, -0.15) is 5.10 Å².